The molecule has 0 saturated heterocycles. The van der Waals surface area contributed by atoms with Crippen molar-refractivity contribution in [2.75, 3.05) is 11.9 Å². The van der Waals surface area contributed by atoms with E-state index < -0.39 is 0 Å². The van der Waals surface area contributed by atoms with Crippen LogP contribution in [0, 0.1) is 12.7 Å². The molecular formula is C17H20FNO. The molecule has 0 fully saturated rings. The van der Waals surface area contributed by atoms with Gasteiger partial charge in [0.1, 0.15) is 11.6 Å². The van der Waals surface area contributed by atoms with E-state index in [1.165, 1.54) is 12.1 Å². The lowest BCUT2D eigenvalue weighted by Crippen LogP contribution is -2.09. The van der Waals surface area contributed by atoms with Crippen LogP contribution in [0.3, 0.4) is 0 Å². The summed E-state index contributed by atoms with van der Waals surface area (Å²) in [5.74, 6) is 0.671. The Morgan fingerprint density at radius 2 is 1.95 bits per heavy atom. The van der Waals surface area contributed by atoms with Gasteiger partial charge < -0.3 is 10.1 Å². The molecule has 0 amide bonds. The third-order valence-electron chi connectivity index (χ3n) is 3.25. The molecule has 0 aliphatic carbocycles. The van der Waals surface area contributed by atoms with Crippen molar-refractivity contribution in [2.24, 2.45) is 0 Å². The summed E-state index contributed by atoms with van der Waals surface area (Å²) in [4.78, 5) is 0. The smallest absolute Gasteiger partial charge is 0.124 e. The lowest BCUT2D eigenvalue weighted by Gasteiger charge is -2.20. The second kappa shape index (κ2) is 6.42. The van der Waals surface area contributed by atoms with Crippen LogP contribution in [0.5, 0.6) is 5.75 Å². The highest BCUT2D eigenvalue weighted by molar-refractivity contribution is 5.53. The molecule has 2 nitrogen and oxygen atoms in total. The molecule has 0 bridgehead atoms. The molecule has 2 aromatic rings. The van der Waals surface area contributed by atoms with Crippen LogP contribution < -0.4 is 10.1 Å². The minimum absolute atomic E-state index is 0.0851. The maximum atomic E-state index is 13.1. The Kier molecular flexibility index (Phi) is 4.61. The van der Waals surface area contributed by atoms with Crippen LogP contribution in [0.25, 0.3) is 0 Å². The zero-order chi connectivity index (χ0) is 14.5. The molecule has 1 unspecified atom stereocenters. The molecule has 1 N–H and O–H groups in total. The number of para-hydroxylation sites is 1. The number of halogens is 1. The molecule has 0 radical (unpaired) electrons. The maximum Gasteiger partial charge on any atom is 0.124 e. The van der Waals surface area contributed by atoms with Crippen molar-refractivity contribution in [3.63, 3.8) is 0 Å². The molecule has 0 aliphatic heterocycles. The van der Waals surface area contributed by atoms with E-state index in [4.69, 9.17) is 4.74 Å². The predicted molar refractivity (Wildman–Crippen MR) is 80.8 cm³/mol. The second-order valence-corrected chi connectivity index (χ2v) is 4.80. The molecule has 2 rings (SSSR count). The zero-order valence-electron chi connectivity index (χ0n) is 12.1. The monoisotopic (exact) mass is 273 g/mol. The Labute approximate surface area is 119 Å². The number of aryl methyl sites for hydroxylation is 1. The normalized spacial score (nSPS) is 12.0. The van der Waals surface area contributed by atoms with Crippen molar-refractivity contribution in [1.82, 2.24) is 0 Å². The van der Waals surface area contributed by atoms with Crippen molar-refractivity contribution >= 4 is 5.69 Å². The van der Waals surface area contributed by atoms with E-state index in [9.17, 15) is 4.39 Å². The molecule has 1 atom stereocenters. The maximum absolute atomic E-state index is 13.1. The molecule has 0 spiro atoms. The fraction of sp³-hybridized carbons (Fsp3) is 0.294. The van der Waals surface area contributed by atoms with Gasteiger partial charge in [-0.15, -0.1) is 0 Å². The highest BCUT2D eigenvalue weighted by Crippen LogP contribution is 2.28. The first-order valence-electron chi connectivity index (χ1n) is 6.86. The van der Waals surface area contributed by atoms with E-state index in [0.717, 1.165) is 22.6 Å². The van der Waals surface area contributed by atoms with Crippen LogP contribution in [-0.4, -0.2) is 6.61 Å². The summed E-state index contributed by atoms with van der Waals surface area (Å²) in [7, 11) is 0. The first kappa shape index (κ1) is 14.4. The molecule has 0 aromatic heterocycles. The van der Waals surface area contributed by atoms with Crippen LogP contribution in [0.15, 0.2) is 42.5 Å². The summed E-state index contributed by atoms with van der Waals surface area (Å²) in [5, 5.41) is 3.41. The zero-order valence-corrected chi connectivity index (χ0v) is 12.1. The minimum atomic E-state index is -0.213. The van der Waals surface area contributed by atoms with Gasteiger partial charge in [-0.25, -0.2) is 4.39 Å². The Balaban J connectivity index is 2.21. The average molecular weight is 273 g/mol. The first-order chi connectivity index (χ1) is 9.61. The standard InChI is InChI=1S/C17H20FNO/c1-4-20-17-8-6-5-7-15(17)13(3)19-16-10-9-14(18)11-12(16)2/h5-11,13,19H,4H2,1-3H3. The third kappa shape index (κ3) is 3.29. The van der Waals surface area contributed by atoms with Crippen LogP contribution >= 0.6 is 0 Å². The van der Waals surface area contributed by atoms with Gasteiger partial charge >= 0.3 is 0 Å². The van der Waals surface area contributed by atoms with Gasteiger partial charge in [0, 0.05) is 11.3 Å². The molecule has 3 heteroatoms. The third-order valence-corrected chi connectivity index (χ3v) is 3.25. The molecular weight excluding hydrogens is 253 g/mol. The number of ether oxygens (including phenoxy) is 1. The van der Waals surface area contributed by atoms with E-state index >= 15 is 0 Å². The van der Waals surface area contributed by atoms with Crippen molar-refractivity contribution < 1.29 is 9.13 Å². The highest BCUT2D eigenvalue weighted by atomic mass is 19.1. The van der Waals surface area contributed by atoms with E-state index in [0.29, 0.717) is 6.61 Å². The summed E-state index contributed by atoms with van der Waals surface area (Å²) in [5.41, 5.74) is 2.93. The second-order valence-electron chi connectivity index (χ2n) is 4.80. The van der Waals surface area contributed by atoms with E-state index in [2.05, 4.69) is 12.2 Å². The van der Waals surface area contributed by atoms with Crippen molar-refractivity contribution in [2.45, 2.75) is 26.8 Å². The van der Waals surface area contributed by atoms with Crippen molar-refractivity contribution in [1.29, 1.82) is 0 Å². The van der Waals surface area contributed by atoms with Crippen LogP contribution in [-0.2, 0) is 0 Å². The Morgan fingerprint density at radius 1 is 1.20 bits per heavy atom. The number of nitrogens with one attached hydrogen (secondary N) is 1. The molecule has 20 heavy (non-hydrogen) atoms. The van der Waals surface area contributed by atoms with Crippen LogP contribution in [0.2, 0.25) is 0 Å². The summed E-state index contributed by atoms with van der Waals surface area (Å²) < 4.78 is 18.8. The van der Waals surface area contributed by atoms with Gasteiger partial charge in [0.25, 0.3) is 0 Å². The fourth-order valence-corrected chi connectivity index (χ4v) is 2.23. The average Bonchev–Trinajstić information content (AvgIpc) is 2.43. The van der Waals surface area contributed by atoms with Crippen molar-refractivity contribution in [3.05, 3.63) is 59.4 Å². The van der Waals surface area contributed by atoms with Gasteiger partial charge in [-0.1, -0.05) is 18.2 Å². The Bertz CT molecular complexity index is 583. The van der Waals surface area contributed by atoms with Gasteiger partial charge in [-0.3, -0.25) is 0 Å². The van der Waals surface area contributed by atoms with Gasteiger partial charge in [-0.2, -0.15) is 0 Å². The summed E-state index contributed by atoms with van der Waals surface area (Å²) in [6, 6.07) is 12.8. The topological polar surface area (TPSA) is 21.3 Å². The number of benzene rings is 2. The largest absolute Gasteiger partial charge is 0.494 e. The number of anilines is 1. The van der Waals surface area contributed by atoms with Crippen molar-refractivity contribution in [3.8, 4) is 5.75 Å². The molecule has 2 aromatic carbocycles. The molecule has 0 heterocycles. The SMILES string of the molecule is CCOc1ccccc1C(C)Nc1ccc(F)cc1C. The van der Waals surface area contributed by atoms with Gasteiger partial charge in [0.05, 0.1) is 12.6 Å². The van der Waals surface area contributed by atoms with E-state index in [-0.39, 0.29) is 11.9 Å². The van der Waals surface area contributed by atoms with Gasteiger partial charge in [0.2, 0.25) is 0 Å². The fourth-order valence-electron chi connectivity index (χ4n) is 2.23. The highest BCUT2D eigenvalue weighted by Gasteiger charge is 2.12. The van der Waals surface area contributed by atoms with Crippen LogP contribution in [0.4, 0.5) is 10.1 Å². The lowest BCUT2D eigenvalue weighted by molar-refractivity contribution is 0.335. The predicted octanol–water partition coefficient (Wildman–Crippen LogP) is 4.71. The number of rotatable bonds is 5. The lowest BCUT2D eigenvalue weighted by atomic mass is 10.1. The van der Waals surface area contributed by atoms with Gasteiger partial charge in [-0.05, 0) is 50.6 Å². The molecule has 106 valence electrons. The van der Waals surface area contributed by atoms with E-state index in [1.54, 1.807) is 6.07 Å². The molecule has 0 aliphatic rings. The summed E-state index contributed by atoms with van der Waals surface area (Å²) in [6.45, 7) is 6.57. The number of hydrogen-bond acceptors (Lipinski definition) is 2. The Morgan fingerprint density at radius 3 is 2.65 bits per heavy atom. The summed E-state index contributed by atoms with van der Waals surface area (Å²) in [6.07, 6.45) is 0. The van der Waals surface area contributed by atoms with Gasteiger partial charge in [0.15, 0.2) is 0 Å². The molecule has 0 saturated carbocycles. The summed E-state index contributed by atoms with van der Waals surface area (Å²) >= 11 is 0. The minimum Gasteiger partial charge on any atom is -0.494 e. The quantitative estimate of drug-likeness (QED) is 0.852. The Hall–Kier alpha value is -2.03. The van der Waals surface area contributed by atoms with E-state index in [1.807, 2.05) is 38.1 Å². The number of hydrogen-bond donors (Lipinski definition) is 1. The first-order valence-corrected chi connectivity index (χ1v) is 6.86. The van der Waals surface area contributed by atoms with Crippen LogP contribution in [0.1, 0.15) is 31.0 Å².